The van der Waals surface area contributed by atoms with E-state index < -0.39 is 17.5 Å². The molecule has 0 bridgehead atoms. The highest BCUT2D eigenvalue weighted by molar-refractivity contribution is 7.98. The zero-order valence-corrected chi connectivity index (χ0v) is 25.7. The quantitative estimate of drug-likeness (QED) is 0.118. The van der Waals surface area contributed by atoms with Gasteiger partial charge in [-0.1, -0.05) is 44.0 Å². The SMILES string of the molecule is CCCCCOC(=O)N1CC(C(=O)c2ccc(SC)cc2)[C@@H](c2cc(C)c(OC(C)(C)C(=O)OCC)c(C)c2)C1. The Balaban J connectivity index is 1.91. The molecule has 1 unspecified atom stereocenters. The molecule has 1 heterocycles. The average molecular weight is 570 g/mol. The van der Waals surface area contributed by atoms with Crippen LogP contribution >= 0.6 is 11.8 Å². The monoisotopic (exact) mass is 569 g/mol. The summed E-state index contributed by atoms with van der Waals surface area (Å²) in [5.74, 6) is -0.425. The standard InChI is InChI=1S/C32H43NO6S/c1-8-10-11-16-38-31(36)33-19-26(27(20-33)28(34)23-12-14-25(40-7)15-13-23)24-17-21(3)29(22(4)18-24)39-32(5,6)30(35)37-9-2/h12-15,17-18,26-27H,8-11,16,19-20H2,1-7H3/t26-,27?/m1/s1. The third-order valence-electron chi connectivity index (χ3n) is 7.30. The summed E-state index contributed by atoms with van der Waals surface area (Å²) in [5, 5.41) is 0. The highest BCUT2D eigenvalue weighted by Gasteiger charge is 2.42. The van der Waals surface area contributed by atoms with Crippen molar-refractivity contribution in [2.75, 3.05) is 32.6 Å². The Morgan fingerprint density at radius 2 is 1.62 bits per heavy atom. The van der Waals surface area contributed by atoms with Crippen LogP contribution in [0.2, 0.25) is 0 Å². The van der Waals surface area contributed by atoms with Gasteiger partial charge in [-0.25, -0.2) is 9.59 Å². The topological polar surface area (TPSA) is 82.1 Å². The Labute approximate surface area is 242 Å². The largest absolute Gasteiger partial charge is 0.476 e. The van der Waals surface area contributed by atoms with E-state index in [0.717, 1.165) is 40.8 Å². The van der Waals surface area contributed by atoms with Crippen molar-refractivity contribution in [2.24, 2.45) is 5.92 Å². The Kier molecular flexibility index (Phi) is 11.1. The summed E-state index contributed by atoms with van der Waals surface area (Å²) in [5.41, 5.74) is 2.14. The number of esters is 1. The number of carbonyl (C=O) groups is 3. The van der Waals surface area contributed by atoms with Crippen molar-refractivity contribution in [3.8, 4) is 5.75 Å². The fraction of sp³-hybridized carbons (Fsp3) is 0.531. The molecule has 7 nitrogen and oxygen atoms in total. The number of benzene rings is 2. The molecule has 1 amide bonds. The molecule has 0 saturated carbocycles. The maximum atomic E-state index is 13.8. The van der Waals surface area contributed by atoms with Gasteiger partial charge in [0.1, 0.15) is 5.75 Å². The first kappa shape index (κ1) is 31.5. The van der Waals surface area contributed by atoms with E-state index in [1.54, 1.807) is 37.4 Å². The number of unbranched alkanes of at least 4 members (excludes halogenated alkanes) is 2. The summed E-state index contributed by atoms with van der Waals surface area (Å²) in [4.78, 5) is 41.9. The van der Waals surface area contributed by atoms with E-state index in [0.29, 0.717) is 31.0 Å². The number of hydrogen-bond donors (Lipinski definition) is 0. The average Bonchev–Trinajstić information content (AvgIpc) is 3.38. The molecule has 1 aliphatic rings. The van der Waals surface area contributed by atoms with Crippen LogP contribution in [0.25, 0.3) is 0 Å². The van der Waals surface area contributed by atoms with Gasteiger partial charge in [-0.3, -0.25) is 4.79 Å². The van der Waals surface area contributed by atoms with Crippen LogP contribution in [-0.4, -0.2) is 60.9 Å². The van der Waals surface area contributed by atoms with E-state index in [-0.39, 0.29) is 24.4 Å². The van der Waals surface area contributed by atoms with Crippen LogP contribution in [0.3, 0.4) is 0 Å². The molecule has 2 aromatic carbocycles. The molecular weight excluding hydrogens is 526 g/mol. The molecule has 1 saturated heterocycles. The minimum Gasteiger partial charge on any atom is -0.476 e. The number of hydrogen-bond acceptors (Lipinski definition) is 7. The van der Waals surface area contributed by atoms with E-state index >= 15 is 0 Å². The zero-order valence-electron chi connectivity index (χ0n) is 24.9. The van der Waals surface area contributed by atoms with Gasteiger partial charge < -0.3 is 19.1 Å². The minimum absolute atomic E-state index is 0.0120. The number of thioether (sulfide) groups is 1. The van der Waals surface area contributed by atoms with Gasteiger partial charge in [-0.05, 0) is 76.1 Å². The van der Waals surface area contributed by atoms with Gasteiger partial charge >= 0.3 is 12.1 Å². The smallest absolute Gasteiger partial charge is 0.409 e. The summed E-state index contributed by atoms with van der Waals surface area (Å²) in [7, 11) is 0. The molecule has 0 radical (unpaired) electrons. The van der Waals surface area contributed by atoms with Gasteiger partial charge in [-0.2, -0.15) is 0 Å². The Morgan fingerprint density at radius 3 is 2.20 bits per heavy atom. The van der Waals surface area contributed by atoms with Crippen molar-refractivity contribution in [1.82, 2.24) is 4.90 Å². The van der Waals surface area contributed by atoms with E-state index in [2.05, 4.69) is 6.92 Å². The number of amides is 1. The molecule has 1 aliphatic heterocycles. The van der Waals surface area contributed by atoms with Gasteiger partial charge in [0.15, 0.2) is 11.4 Å². The van der Waals surface area contributed by atoms with Crippen molar-refractivity contribution < 1.29 is 28.6 Å². The van der Waals surface area contributed by atoms with Crippen LogP contribution < -0.4 is 4.74 Å². The van der Waals surface area contributed by atoms with Crippen molar-refractivity contribution in [1.29, 1.82) is 0 Å². The molecule has 40 heavy (non-hydrogen) atoms. The highest BCUT2D eigenvalue weighted by atomic mass is 32.2. The molecule has 0 N–H and O–H groups in total. The van der Waals surface area contributed by atoms with Crippen LogP contribution in [0.1, 0.15) is 79.9 Å². The van der Waals surface area contributed by atoms with Crippen LogP contribution in [0.15, 0.2) is 41.3 Å². The number of Topliss-reactive ketones (excluding diaryl/α,β-unsaturated/α-hetero) is 1. The van der Waals surface area contributed by atoms with Gasteiger partial charge in [0, 0.05) is 35.4 Å². The summed E-state index contributed by atoms with van der Waals surface area (Å²) in [6.45, 7) is 12.4. The summed E-state index contributed by atoms with van der Waals surface area (Å²) in [6.07, 6.45) is 4.50. The second kappa shape index (κ2) is 14.1. The fourth-order valence-corrected chi connectivity index (χ4v) is 5.50. The molecule has 0 aliphatic carbocycles. The maximum Gasteiger partial charge on any atom is 0.409 e. The van der Waals surface area contributed by atoms with Crippen LogP contribution in [0, 0.1) is 19.8 Å². The van der Waals surface area contributed by atoms with Gasteiger partial charge in [0.2, 0.25) is 0 Å². The summed E-state index contributed by atoms with van der Waals surface area (Å²) in [6, 6.07) is 11.6. The van der Waals surface area contributed by atoms with E-state index in [1.165, 1.54) is 0 Å². The number of aryl methyl sites for hydroxylation is 2. The minimum atomic E-state index is -1.15. The lowest BCUT2D eigenvalue weighted by atomic mass is 9.82. The number of ketones is 1. The van der Waals surface area contributed by atoms with Gasteiger partial charge in [0.05, 0.1) is 13.2 Å². The lowest BCUT2D eigenvalue weighted by molar-refractivity contribution is -0.158. The van der Waals surface area contributed by atoms with Crippen molar-refractivity contribution in [3.63, 3.8) is 0 Å². The predicted molar refractivity (Wildman–Crippen MR) is 158 cm³/mol. The fourth-order valence-electron chi connectivity index (χ4n) is 5.09. The lowest BCUT2D eigenvalue weighted by Crippen LogP contribution is -2.40. The number of likely N-dealkylation sites (tertiary alicyclic amines) is 1. The van der Waals surface area contributed by atoms with Crippen molar-refractivity contribution in [2.45, 2.75) is 77.2 Å². The number of carbonyl (C=O) groups excluding carboxylic acids is 3. The molecule has 1 fully saturated rings. The predicted octanol–water partition coefficient (Wildman–Crippen LogP) is 6.97. The van der Waals surface area contributed by atoms with Crippen LogP contribution in [0.4, 0.5) is 4.79 Å². The first-order valence-corrected chi connectivity index (χ1v) is 15.3. The first-order valence-electron chi connectivity index (χ1n) is 14.1. The first-order chi connectivity index (χ1) is 19.0. The Hall–Kier alpha value is -3.00. The summed E-state index contributed by atoms with van der Waals surface area (Å²) < 4.78 is 16.9. The number of rotatable bonds is 12. The normalized spacial score (nSPS) is 17.0. The Bertz CT molecular complexity index is 1170. The van der Waals surface area contributed by atoms with Crippen molar-refractivity contribution >= 4 is 29.6 Å². The molecule has 3 rings (SSSR count). The molecule has 218 valence electrons. The summed E-state index contributed by atoms with van der Waals surface area (Å²) >= 11 is 1.63. The molecule has 8 heteroatoms. The molecule has 0 spiro atoms. The van der Waals surface area contributed by atoms with E-state index in [4.69, 9.17) is 14.2 Å². The highest BCUT2D eigenvalue weighted by Crippen LogP contribution is 2.39. The maximum absolute atomic E-state index is 13.8. The van der Waals surface area contributed by atoms with E-state index in [9.17, 15) is 14.4 Å². The van der Waals surface area contributed by atoms with Crippen LogP contribution in [-0.2, 0) is 14.3 Å². The van der Waals surface area contributed by atoms with E-state index in [1.807, 2.05) is 56.5 Å². The lowest BCUT2D eigenvalue weighted by Gasteiger charge is -2.27. The molecule has 2 atom stereocenters. The number of nitrogens with zero attached hydrogens (tertiary/aromatic N) is 1. The molecular formula is C32H43NO6S. The zero-order chi connectivity index (χ0) is 29.4. The second-order valence-electron chi connectivity index (χ2n) is 10.8. The van der Waals surface area contributed by atoms with Crippen molar-refractivity contribution in [3.05, 3.63) is 58.7 Å². The van der Waals surface area contributed by atoms with Gasteiger partial charge in [-0.15, -0.1) is 11.8 Å². The second-order valence-corrected chi connectivity index (χ2v) is 11.7. The third-order valence-corrected chi connectivity index (χ3v) is 8.04. The van der Waals surface area contributed by atoms with Gasteiger partial charge in [0.25, 0.3) is 0 Å². The van der Waals surface area contributed by atoms with Crippen LogP contribution in [0.5, 0.6) is 5.75 Å². The molecule has 0 aromatic heterocycles. The molecule has 2 aromatic rings. The number of ether oxygens (including phenoxy) is 3. The Morgan fingerprint density at radius 1 is 0.975 bits per heavy atom. The third kappa shape index (κ3) is 7.59.